The molecule has 0 saturated carbocycles. The summed E-state index contributed by atoms with van der Waals surface area (Å²) in [7, 11) is 0. The number of hydrogen-bond donors (Lipinski definition) is 2. The Balaban J connectivity index is 1.40. The molecular weight excluding hydrogens is 385 g/mol. The van der Waals surface area contributed by atoms with Gasteiger partial charge in [0.25, 0.3) is 0 Å². The second-order valence-electron chi connectivity index (χ2n) is 7.37. The maximum Gasteiger partial charge on any atom is 0.227 e. The van der Waals surface area contributed by atoms with Gasteiger partial charge >= 0.3 is 0 Å². The maximum atomic E-state index is 13.2. The van der Waals surface area contributed by atoms with Crippen molar-refractivity contribution in [3.8, 4) is 0 Å². The zero-order valence-corrected chi connectivity index (χ0v) is 17.0. The molecule has 0 spiro atoms. The minimum atomic E-state index is -0.411. The molecule has 2 N–H and O–H groups in total. The van der Waals surface area contributed by atoms with Gasteiger partial charge in [0.1, 0.15) is 5.82 Å². The molecule has 6 nitrogen and oxygen atoms in total. The molecular formula is C23H26FN3O3. The second-order valence-corrected chi connectivity index (χ2v) is 7.37. The molecule has 0 aliphatic carbocycles. The van der Waals surface area contributed by atoms with Crippen LogP contribution in [0.15, 0.2) is 48.5 Å². The molecule has 7 heteroatoms. The average molecular weight is 411 g/mol. The Hall–Kier alpha value is -3.22. The summed E-state index contributed by atoms with van der Waals surface area (Å²) in [6.07, 6.45) is 1.18. The minimum Gasteiger partial charge on any atom is -0.354 e. The Kier molecular flexibility index (Phi) is 7.17. The van der Waals surface area contributed by atoms with Crippen LogP contribution in [0.4, 0.5) is 10.1 Å². The van der Waals surface area contributed by atoms with E-state index in [1.807, 2.05) is 24.3 Å². The topological polar surface area (TPSA) is 78.5 Å². The van der Waals surface area contributed by atoms with Gasteiger partial charge < -0.3 is 15.5 Å². The van der Waals surface area contributed by atoms with Crippen molar-refractivity contribution in [3.63, 3.8) is 0 Å². The molecule has 1 fully saturated rings. The quantitative estimate of drug-likeness (QED) is 0.654. The lowest BCUT2D eigenvalue weighted by Crippen LogP contribution is -2.38. The molecule has 1 aliphatic rings. The number of nitrogens with one attached hydrogen (secondary N) is 2. The summed E-state index contributed by atoms with van der Waals surface area (Å²) in [5.74, 6) is -1.30. The molecule has 1 aliphatic heterocycles. The Bertz CT molecular complexity index is 914. The largest absolute Gasteiger partial charge is 0.354 e. The van der Waals surface area contributed by atoms with Crippen LogP contribution in [-0.2, 0) is 27.2 Å². The van der Waals surface area contributed by atoms with Crippen LogP contribution in [0.25, 0.3) is 0 Å². The molecule has 1 atom stereocenters. The van der Waals surface area contributed by atoms with Gasteiger partial charge in [-0.3, -0.25) is 14.4 Å². The van der Waals surface area contributed by atoms with Gasteiger partial charge in [0.05, 0.1) is 12.3 Å². The molecule has 30 heavy (non-hydrogen) atoms. The maximum absolute atomic E-state index is 13.2. The fourth-order valence-electron chi connectivity index (χ4n) is 3.47. The monoisotopic (exact) mass is 411 g/mol. The molecule has 3 amide bonds. The number of carbonyl (C=O) groups excluding carboxylic acids is 3. The standard InChI is InChI=1S/C23H26FN3O3/c1-2-16-6-8-20(9-7-16)27-15-18(14-22(27)29)23(30)26-11-10-25-21(28)13-17-4-3-5-19(24)12-17/h3-9,12,18H,2,10-11,13-15H2,1H3,(H,25,28)(H,26,30). The van der Waals surface area contributed by atoms with Gasteiger partial charge in [-0.2, -0.15) is 0 Å². The number of aryl methyl sites for hydroxylation is 1. The predicted octanol–water partition coefficient (Wildman–Crippen LogP) is 2.22. The number of halogens is 1. The van der Waals surface area contributed by atoms with Crippen LogP contribution in [0, 0.1) is 11.7 Å². The highest BCUT2D eigenvalue weighted by molar-refractivity contribution is 6.00. The van der Waals surface area contributed by atoms with Gasteiger partial charge in [-0.15, -0.1) is 0 Å². The first-order valence-electron chi connectivity index (χ1n) is 10.1. The highest BCUT2D eigenvalue weighted by atomic mass is 19.1. The molecule has 0 aromatic heterocycles. The summed E-state index contributed by atoms with van der Waals surface area (Å²) < 4.78 is 13.2. The van der Waals surface area contributed by atoms with Crippen molar-refractivity contribution in [1.29, 1.82) is 0 Å². The van der Waals surface area contributed by atoms with E-state index in [1.54, 1.807) is 17.0 Å². The lowest BCUT2D eigenvalue weighted by atomic mass is 10.1. The molecule has 0 radical (unpaired) electrons. The van der Waals surface area contributed by atoms with Crippen LogP contribution in [0.3, 0.4) is 0 Å². The third-order valence-corrected chi connectivity index (χ3v) is 5.15. The van der Waals surface area contributed by atoms with Gasteiger partial charge in [-0.1, -0.05) is 31.2 Å². The van der Waals surface area contributed by atoms with E-state index in [-0.39, 0.29) is 49.5 Å². The molecule has 1 heterocycles. The van der Waals surface area contributed by atoms with E-state index in [2.05, 4.69) is 17.6 Å². The normalized spacial score (nSPS) is 15.9. The summed E-state index contributed by atoms with van der Waals surface area (Å²) >= 11 is 0. The van der Waals surface area contributed by atoms with Crippen molar-refractivity contribution in [3.05, 3.63) is 65.5 Å². The Morgan fingerprint density at radius 1 is 1.07 bits per heavy atom. The van der Waals surface area contributed by atoms with Gasteiger partial charge in [0.15, 0.2) is 0 Å². The fourth-order valence-corrected chi connectivity index (χ4v) is 3.47. The van der Waals surface area contributed by atoms with Gasteiger partial charge in [-0.05, 0) is 41.8 Å². The first-order valence-corrected chi connectivity index (χ1v) is 10.1. The molecule has 0 bridgehead atoms. The third kappa shape index (κ3) is 5.65. The van der Waals surface area contributed by atoms with Crippen LogP contribution in [0.1, 0.15) is 24.5 Å². The Labute approximate surface area is 175 Å². The number of hydrogen-bond acceptors (Lipinski definition) is 3. The minimum absolute atomic E-state index is 0.0669. The van der Waals surface area contributed by atoms with Crippen molar-refractivity contribution in [2.24, 2.45) is 5.92 Å². The zero-order chi connectivity index (χ0) is 21.5. The van der Waals surface area contributed by atoms with E-state index in [9.17, 15) is 18.8 Å². The predicted molar refractivity (Wildman–Crippen MR) is 112 cm³/mol. The van der Waals surface area contributed by atoms with Crippen molar-refractivity contribution in [2.45, 2.75) is 26.2 Å². The summed E-state index contributed by atoms with van der Waals surface area (Å²) in [5, 5.41) is 5.47. The van der Waals surface area contributed by atoms with E-state index in [1.165, 1.54) is 17.7 Å². The average Bonchev–Trinajstić information content (AvgIpc) is 3.13. The zero-order valence-electron chi connectivity index (χ0n) is 17.0. The third-order valence-electron chi connectivity index (χ3n) is 5.15. The number of anilines is 1. The Morgan fingerprint density at radius 2 is 1.80 bits per heavy atom. The van der Waals surface area contributed by atoms with E-state index in [4.69, 9.17) is 0 Å². The van der Waals surface area contributed by atoms with Gasteiger partial charge in [-0.25, -0.2) is 4.39 Å². The summed E-state index contributed by atoms with van der Waals surface area (Å²) in [4.78, 5) is 38.3. The molecule has 2 aromatic carbocycles. The number of rotatable bonds is 8. The van der Waals surface area contributed by atoms with E-state index < -0.39 is 5.92 Å². The first-order chi connectivity index (χ1) is 14.5. The van der Waals surface area contributed by atoms with Crippen LogP contribution < -0.4 is 15.5 Å². The molecule has 1 unspecified atom stereocenters. The number of benzene rings is 2. The first kappa shape index (κ1) is 21.5. The van der Waals surface area contributed by atoms with E-state index in [0.29, 0.717) is 12.1 Å². The molecule has 158 valence electrons. The van der Waals surface area contributed by atoms with Crippen LogP contribution in [0.5, 0.6) is 0 Å². The lowest BCUT2D eigenvalue weighted by Gasteiger charge is -2.17. The van der Waals surface area contributed by atoms with E-state index >= 15 is 0 Å². The number of carbonyl (C=O) groups is 3. The van der Waals surface area contributed by atoms with Crippen molar-refractivity contribution >= 4 is 23.4 Å². The summed E-state index contributed by atoms with van der Waals surface area (Å²) in [5.41, 5.74) is 2.59. The fraction of sp³-hybridized carbons (Fsp3) is 0.348. The van der Waals surface area contributed by atoms with Crippen molar-refractivity contribution in [2.75, 3.05) is 24.5 Å². The Morgan fingerprint density at radius 3 is 2.50 bits per heavy atom. The van der Waals surface area contributed by atoms with Gasteiger partial charge in [0.2, 0.25) is 17.7 Å². The van der Waals surface area contributed by atoms with Gasteiger partial charge in [0, 0.05) is 31.7 Å². The highest BCUT2D eigenvalue weighted by Gasteiger charge is 2.34. The van der Waals surface area contributed by atoms with Crippen LogP contribution in [0.2, 0.25) is 0 Å². The van der Waals surface area contributed by atoms with Crippen LogP contribution in [-0.4, -0.2) is 37.4 Å². The molecule has 3 rings (SSSR count). The molecule has 1 saturated heterocycles. The van der Waals surface area contributed by atoms with Crippen molar-refractivity contribution in [1.82, 2.24) is 10.6 Å². The van der Waals surface area contributed by atoms with Crippen molar-refractivity contribution < 1.29 is 18.8 Å². The molecule has 2 aromatic rings. The summed E-state index contributed by atoms with van der Waals surface area (Å²) in [6.45, 7) is 2.95. The second kappa shape index (κ2) is 10.0. The summed E-state index contributed by atoms with van der Waals surface area (Å²) in [6, 6.07) is 13.7. The lowest BCUT2D eigenvalue weighted by molar-refractivity contribution is -0.126. The smallest absolute Gasteiger partial charge is 0.227 e. The van der Waals surface area contributed by atoms with Crippen LogP contribution >= 0.6 is 0 Å². The highest BCUT2D eigenvalue weighted by Crippen LogP contribution is 2.25. The van der Waals surface area contributed by atoms with E-state index in [0.717, 1.165) is 12.1 Å². The number of amides is 3. The number of nitrogens with zero attached hydrogens (tertiary/aromatic N) is 1. The SMILES string of the molecule is CCc1ccc(N2CC(C(=O)NCCNC(=O)Cc3cccc(F)c3)CC2=O)cc1.